The zero-order chi connectivity index (χ0) is 10.8. The maximum absolute atomic E-state index is 13.4. The third-order valence-electron chi connectivity index (χ3n) is 1.96. The molecule has 0 unspecified atom stereocenters. The first-order valence-corrected chi connectivity index (χ1v) is 4.69. The minimum atomic E-state index is -0.404. The SMILES string of the molecule is NCc1cc(-c2cc(Cl)ccc2F)on1. The Morgan fingerprint density at radius 3 is 2.87 bits per heavy atom. The van der Waals surface area contributed by atoms with E-state index in [2.05, 4.69) is 5.16 Å². The van der Waals surface area contributed by atoms with Crippen molar-refractivity contribution in [2.75, 3.05) is 0 Å². The maximum atomic E-state index is 13.4. The molecule has 0 spiro atoms. The minimum absolute atomic E-state index is 0.256. The third kappa shape index (κ3) is 2.00. The van der Waals surface area contributed by atoms with Crippen LogP contribution in [0.15, 0.2) is 28.8 Å². The largest absolute Gasteiger partial charge is 0.356 e. The first-order chi connectivity index (χ1) is 7.20. The predicted octanol–water partition coefficient (Wildman–Crippen LogP) is 2.59. The molecule has 0 aliphatic carbocycles. The summed E-state index contributed by atoms with van der Waals surface area (Å²) in [7, 11) is 0. The standard InChI is InChI=1S/C10H8ClFN2O/c11-6-1-2-9(12)8(3-6)10-4-7(5-13)14-15-10/h1-4H,5,13H2. The van der Waals surface area contributed by atoms with E-state index in [1.165, 1.54) is 18.2 Å². The van der Waals surface area contributed by atoms with Crippen LogP contribution < -0.4 is 5.73 Å². The van der Waals surface area contributed by atoms with Gasteiger partial charge in [-0.1, -0.05) is 16.8 Å². The molecular formula is C10H8ClFN2O. The van der Waals surface area contributed by atoms with Crippen LogP contribution in [0.25, 0.3) is 11.3 Å². The summed E-state index contributed by atoms with van der Waals surface area (Å²) in [6.07, 6.45) is 0. The second-order valence-corrected chi connectivity index (χ2v) is 3.45. The molecule has 2 aromatic rings. The summed E-state index contributed by atoms with van der Waals surface area (Å²) in [5, 5.41) is 4.11. The number of nitrogens with zero attached hydrogens (tertiary/aromatic N) is 1. The molecule has 3 nitrogen and oxygen atoms in total. The average Bonchev–Trinajstić information content (AvgIpc) is 2.70. The lowest BCUT2D eigenvalue weighted by Gasteiger charge is -1.98. The highest BCUT2D eigenvalue weighted by atomic mass is 35.5. The number of benzene rings is 1. The Bertz CT molecular complexity index is 484. The van der Waals surface area contributed by atoms with Crippen molar-refractivity contribution in [3.05, 3.63) is 40.8 Å². The van der Waals surface area contributed by atoms with Crippen LogP contribution in [0.2, 0.25) is 5.02 Å². The molecule has 5 heteroatoms. The van der Waals surface area contributed by atoms with Gasteiger partial charge in [0.25, 0.3) is 0 Å². The monoisotopic (exact) mass is 226 g/mol. The van der Waals surface area contributed by atoms with Crippen molar-refractivity contribution in [2.24, 2.45) is 5.73 Å². The molecule has 2 N–H and O–H groups in total. The van der Waals surface area contributed by atoms with Crippen molar-refractivity contribution in [3.63, 3.8) is 0 Å². The van der Waals surface area contributed by atoms with Crippen LogP contribution in [0.5, 0.6) is 0 Å². The van der Waals surface area contributed by atoms with Gasteiger partial charge in [-0.25, -0.2) is 4.39 Å². The van der Waals surface area contributed by atoms with Gasteiger partial charge < -0.3 is 10.3 Å². The zero-order valence-electron chi connectivity index (χ0n) is 7.71. The number of rotatable bonds is 2. The molecule has 0 fully saturated rings. The van der Waals surface area contributed by atoms with Crippen LogP contribution in [0, 0.1) is 5.82 Å². The van der Waals surface area contributed by atoms with Gasteiger partial charge in [0.2, 0.25) is 0 Å². The summed E-state index contributed by atoms with van der Waals surface area (Å²) in [5.74, 6) is -0.0745. The van der Waals surface area contributed by atoms with E-state index >= 15 is 0 Å². The predicted molar refractivity (Wildman–Crippen MR) is 54.8 cm³/mol. The normalized spacial score (nSPS) is 10.6. The Hall–Kier alpha value is -1.39. The molecule has 0 atom stereocenters. The van der Waals surface area contributed by atoms with Gasteiger partial charge in [-0.2, -0.15) is 0 Å². The summed E-state index contributed by atoms with van der Waals surface area (Å²) in [4.78, 5) is 0. The summed E-state index contributed by atoms with van der Waals surface area (Å²) in [6.45, 7) is 0.256. The molecular weight excluding hydrogens is 219 g/mol. The van der Waals surface area contributed by atoms with Gasteiger partial charge in [0.1, 0.15) is 5.82 Å². The van der Waals surface area contributed by atoms with Gasteiger partial charge in [-0.05, 0) is 18.2 Å². The number of halogens is 2. The molecule has 2 rings (SSSR count). The van der Waals surface area contributed by atoms with Gasteiger partial charge in [-0.15, -0.1) is 0 Å². The Balaban J connectivity index is 2.48. The molecule has 0 aliphatic rings. The first-order valence-electron chi connectivity index (χ1n) is 4.32. The quantitative estimate of drug-likeness (QED) is 0.856. The molecule has 0 radical (unpaired) electrons. The van der Waals surface area contributed by atoms with Crippen molar-refractivity contribution in [1.29, 1.82) is 0 Å². The summed E-state index contributed by atoms with van der Waals surface area (Å²) < 4.78 is 18.3. The molecule has 0 amide bonds. The van der Waals surface area contributed by atoms with Gasteiger partial charge in [0, 0.05) is 17.6 Å². The Labute approximate surface area is 90.6 Å². The fraction of sp³-hybridized carbons (Fsp3) is 0.100. The van der Waals surface area contributed by atoms with Gasteiger partial charge >= 0.3 is 0 Å². The van der Waals surface area contributed by atoms with Crippen molar-refractivity contribution in [1.82, 2.24) is 5.16 Å². The van der Waals surface area contributed by atoms with E-state index in [1.54, 1.807) is 6.07 Å². The van der Waals surface area contributed by atoms with Gasteiger partial charge in [0.05, 0.1) is 11.3 Å². The molecule has 78 valence electrons. The van der Waals surface area contributed by atoms with E-state index < -0.39 is 5.82 Å². The highest BCUT2D eigenvalue weighted by Gasteiger charge is 2.11. The van der Waals surface area contributed by atoms with Crippen LogP contribution in [-0.4, -0.2) is 5.16 Å². The highest BCUT2D eigenvalue weighted by molar-refractivity contribution is 6.30. The van der Waals surface area contributed by atoms with E-state index in [9.17, 15) is 4.39 Å². The lowest BCUT2D eigenvalue weighted by Crippen LogP contribution is -1.94. The maximum Gasteiger partial charge on any atom is 0.170 e. The highest BCUT2D eigenvalue weighted by Crippen LogP contribution is 2.26. The third-order valence-corrected chi connectivity index (χ3v) is 2.20. The van der Waals surface area contributed by atoms with Crippen LogP contribution in [0.1, 0.15) is 5.69 Å². The topological polar surface area (TPSA) is 52.0 Å². The van der Waals surface area contributed by atoms with Crippen molar-refractivity contribution in [2.45, 2.75) is 6.54 Å². The fourth-order valence-corrected chi connectivity index (χ4v) is 1.39. The Morgan fingerprint density at radius 2 is 2.20 bits per heavy atom. The number of hydrogen-bond donors (Lipinski definition) is 1. The summed E-state index contributed by atoms with van der Waals surface area (Å²) in [6, 6.07) is 5.83. The molecule has 1 aromatic carbocycles. The van der Waals surface area contributed by atoms with E-state index in [0.29, 0.717) is 16.5 Å². The zero-order valence-corrected chi connectivity index (χ0v) is 8.46. The summed E-state index contributed by atoms with van der Waals surface area (Å²) in [5.41, 5.74) is 6.23. The minimum Gasteiger partial charge on any atom is -0.356 e. The van der Waals surface area contributed by atoms with Gasteiger partial charge in [-0.3, -0.25) is 0 Å². The first kappa shape index (κ1) is 10.1. The Morgan fingerprint density at radius 1 is 1.40 bits per heavy atom. The molecule has 15 heavy (non-hydrogen) atoms. The summed E-state index contributed by atoms with van der Waals surface area (Å²) >= 11 is 5.75. The lowest BCUT2D eigenvalue weighted by atomic mass is 10.1. The van der Waals surface area contributed by atoms with E-state index in [0.717, 1.165) is 0 Å². The molecule has 0 saturated heterocycles. The van der Waals surface area contributed by atoms with Crippen molar-refractivity contribution in [3.8, 4) is 11.3 Å². The van der Waals surface area contributed by atoms with Crippen molar-refractivity contribution < 1.29 is 8.91 Å². The number of hydrogen-bond acceptors (Lipinski definition) is 3. The van der Waals surface area contributed by atoms with E-state index in [-0.39, 0.29) is 12.1 Å². The van der Waals surface area contributed by atoms with Gasteiger partial charge in [0.15, 0.2) is 5.76 Å². The second kappa shape index (κ2) is 4.00. The fourth-order valence-electron chi connectivity index (χ4n) is 1.22. The van der Waals surface area contributed by atoms with Crippen LogP contribution >= 0.6 is 11.6 Å². The number of nitrogens with two attached hydrogens (primary N) is 1. The van der Waals surface area contributed by atoms with Crippen LogP contribution in [0.3, 0.4) is 0 Å². The van der Waals surface area contributed by atoms with Crippen molar-refractivity contribution >= 4 is 11.6 Å². The smallest absolute Gasteiger partial charge is 0.170 e. The van der Waals surface area contributed by atoms with E-state index in [4.69, 9.17) is 21.9 Å². The Kier molecular flexibility index (Phi) is 2.70. The molecule has 1 aromatic heterocycles. The molecule has 1 heterocycles. The second-order valence-electron chi connectivity index (χ2n) is 3.01. The van der Waals surface area contributed by atoms with Crippen LogP contribution in [0.4, 0.5) is 4.39 Å². The molecule has 0 aliphatic heterocycles. The van der Waals surface area contributed by atoms with E-state index in [1.807, 2.05) is 0 Å². The average molecular weight is 227 g/mol. The van der Waals surface area contributed by atoms with Crippen LogP contribution in [-0.2, 0) is 6.54 Å². The molecule has 0 bridgehead atoms. The molecule has 0 saturated carbocycles. The number of aromatic nitrogens is 1. The lowest BCUT2D eigenvalue weighted by molar-refractivity contribution is 0.421.